The Labute approximate surface area is 122 Å². The van der Waals surface area contributed by atoms with E-state index in [0.29, 0.717) is 24.3 Å². The van der Waals surface area contributed by atoms with Gasteiger partial charge in [0, 0.05) is 6.54 Å². The molecular formula is C11H14ClFN2O2S2. The van der Waals surface area contributed by atoms with Crippen LogP contribution in [0, 0.1) is 5.82 Å². The number of hydrogen-bond acceptors (Lipinski definition) is 3. The van der Waals surface area contributed by atoms with Gasteiger partial charge in [0.05, 0.1) is 10.0 Å². The van der Waals surface area contributed by atoms with Crippen molar-refractivity contribution in [2.24, 2.45) is 5.73 Å². The van der Waals surface area contributed by atoms with Gasteiger partial charge in [0.2, 0.25) is 10.0 Å². The van der Waals surface area contributed by atoms with Crippen LogP contribution < -0.4 is 10.5 Å². The summed E-state index contributed by atoms with van der Waals surface area (Å²) in [6, 6.07) is 3.20. The first-order valence-corrected chi connectivity index (χ1v) is 7.83. The third-order valence-corrected chi connectivity index (χ3v) is 4.47. The Hall–Kier alpha value is -0.760. The van der Waals surface area contributed by atoms with E-state index in [1.54, 1.807) is 0 Å². The van der Waals surface area contributed by atoms with Crippen molar-refractivity contribution < 1.29 is 12.8 Å². The average molecular weight is 325 g/mol. The normalized spacial score (nSPS) is 11.5. The highest BCUT2D eigenvalue weighted by atomic mass is 35.5. The highest BCUT2D eigenvalue weighted by molar-refractivity contribution is 7.89. The summed E-state index contributed by atoms with van der Waals surface area (Å²) in [5.74, 6) is -0.654. The van der Waals surface area contributed by atoms with E-state index in [4.69, 9.17) is 29.6 Å². The molecule has 4 nitrogen and oxygen atoms in total. The number of thiocarbonyl (C=S) groups is 1. The summed E-state index contributed by atoms with van der Waals surface area (Å²) in [6.45, 7) is 0.220. The first kappa shape index (κ1) is 16.3. The van der Waals surface area contributed by atoms with Gasteiger partial charge in [-0.2, -0.15) is 0 Å². The standard InChI is InChI=1S/C11H14ClFN2O2S2/c12-9-5-4-8(13)7-10(9)19(16,17)15-6-2-1-3-11(14)18/h4-5,7,15H,1-3,6H2,(H2,14,18). The summed E-state index contributed by atoms with van der Waals surface area (Å²) in [7, 11) is -3.80. The topological polar surface area (TPSA) is 72.2 Å². The Bertz CT molecular complexity index is 564. The Morgan fingerprint density at radius 2 is 2.11 bits per heavy atom. The SMILES string of the molecule is NC(=S)CCCCNS(=O)(=O)c1cc(F)ccc1Cl. The van der Waals surface area contributed by atoms with Gasteiger partial charge in [0.1, 0.15) is 10.7 Å². The van der Waals surface area contributed by atoms with Crippen molar-refractivity contribution in [3.8, 4) is 0 Å². The lowest BCUT2D eigenvalue weighted by Crippen LogP contribution is -2.25. The number of halogens is 2. The fourth-order valence-corrected chi connectivity index (χ4v) is 3.12. The smallest absolute Gasteiger partial charge is 0.242 e. The molecule has 1 rings (SSSR count). The van der Waals surface area contributed by atoms with E-state index in [1.807, 2.05) is 0 Å². The van der Waals surface area contributed by atoms with Crippen molar-refractivity contribution in [3.05, 3.63) is 29.0 Å². The van der Waals surface area contributed by atoms with Gasteiger partial charge in [-0.25, -0.2) is 17.5 Å². The maximum Gasteiger partial charge on any atom is 0.242 e. The number of unbranched alkanes of at least 4 members (excludes halogenated alkanes) is 1. The number of nitrogens with one attached hydrogen (secondary N) is 1. The number of rotatable bonds is 7. The molecule has 1 aromatic rings. The first-order chi connectivity index (χ1) is 8.83. The van der Waals surface area contributed by atoms with Crippen molar-refractivity contribution in [1.82, 2.24) is 4.72 Å². The Morgan fingerprint density at radius 3 is 2.74 bits per heavy atom. The summed E-state index contributed by atoms with van der Waals surface area (Å²) >= 11 is 10.4. The van der Waals surface area contributed by atoms with Crippen molar-refractivity contribution in [2.75, 3.05) is 6.54 Å². The van der Waals surface area contributed by atoms with E-state index in [9.17, 15) is 12.8 Å². The van der Waals surface area contributed by atoms with Gasteiger partial charge in [-0.15, -0.1) is 0 Å². The first-order valence-electron chi connectivity index (χ1n) is 5.56. The molecule has 0 saturated carbocycles. The van der Waals surface area contributed by atoms with Crippen LogP contribution >= 0.6 is 23.8 Å². The van der Waals surface area contributed by atoms with Crippen LogP contribution in [0.2, 0.25) is 5.02 Å². The molecule has 8 heteroatoms. The van der Waals surface area contributed by atoms with Crippen LogP contribution in [0.25, 0.3) is 0 Å². The second-order valence-corrected chi connectivity index (χ2v) is 6.56. The zero-order valence-corrected chi connectivity index (χ0v) is 12.4. The number of hydrogen-bond donors (Lipinski definition) is 2. The maximum atomic E-state index is 13.0. The van der Waals surface area contributed by atoms with Gasteiger partial charge >= 0.3 is 0 Å². The summed E-state index contributed by atoms with van der Waals surface area (Å²) in [6.07, 6.45) is 1.84. The van der Waals surface area contributed by atoms with E-state index in [-0.39, 0.29) is 16.5 Å². The van der Waals surface area contributed by atoms with Crippen LogP contribution in [0.5, 0.6) is 0 Å². The minimum absolute atomic E-state index is 0.0166. The van der Waals surface area contributed by atoms with Crippen LogP contribution in [0.3, 0.4) is 0 Å². The molecule has 0 aliphatic heterocycles. The molecule has 0 fully saturated rings. The molecule has 0 saturated heterocycles. The minimum atomic E-state index is -3.80. The highest BCUT2D eigenvalue weighted by Crippen LogP contribution is 2.21. The van der Waals surface area contributed by atoms with Crippen LogP contribution in [0.1, 0.15) is 19.3 Å². The Kier molecular flexibility index (Phi) is 6.12. The number of nitrogens with two attached hydrogens (primary N) is 1. The molecule has 19 heavy (non-hydrogen) atoms. The van der Waals surface area contributed by atoms with E-state index < -0.39 is 15.8 Å². The molecule has 0 bridgehead atoms. The average Bonchev–Trinajstić information content (AvgIpc) is 2.31. The maximum absolute atomic E-state index is 13.0. The van der Waals surface area contributed by atoms with Crippen LogP contribution in [0.15, 0.2) is 23.1 Å². The fraction of sp³-hybridized carbons (Fsp3) is 0.364. The Balaban J connectivity index is 2.61. The summed E-state index contributed by atoms with van der Waals surface area (Å²) in [5.41, 5.74) is 5.32. The molecule has 0 amide bonds. The van der Waals surface area contributed by atoms with Gasteiger partial charge in [-0.3, -0.25) is 0 Å². The monoisotopic (exact) mass is 324 g/mol. The minimum Gasteiger partial charge on any atom is -0.393 e. The molecule has 1 aromatic carbocycles. The third-order valence-electron chi connectivity index (χ3n) is 2.32. The van der Waals surface area contributed by atoms with Gasteiger partial charge in [0.25, 0.3) is 0 Å². The molecule has 0 heterocycles. The second kappa shape index (κ2) is 7.14. The molecule has 0 aromatic heterocycles. The summed E-state index contributed by atoms with van der Waals surface area (Å²) in [4.78, 5) is 0.138. The third kappa shape index (κ3) is 5.40. The van der Waals surface area contributed by atoms with Gasteiger partial charge in [-0.1, -0.05) is 23.8 Å². The second-order valence-electron chi connectivity index (χ2n) is 3.90. The van der Waals surface area contributed by atoms with Crippen molar-refractivity contribution in [3.63, 3.8) is 0 Å². The van der Waals surface area contributed by atoms with Crippen LogP contribution in [0.4, 0.5) is 4.39 Å². The molecule has 3 N–H and O–H groups in total. The van der Waals surface area contributed by atoms with Crippen LogP contribution in [-0.4, -0.2) is 20.0 Å². The quantitative estimate of drug-likeness (QED) is 0.596. The summed E-state index contributed by atoms with van der Waals surface area (Å²) in [5, 5.41) is -0.0166. The number of benzene rings is 1. The highest BCUT2D eigenvalue weighted by Gasteiger charge is 2.17. The molecule has 0 aliphatic rings. The molecule has 0 spiro atoms. The lowest BCUT2D eigenvalue weighted by Gasteiger charge is -2.08. The fourth-order valence-electron chi connectivity index (χ4n) is 1.39. The van der Waals surface area contributed by atoms with E-state index >= 15 is 0 Å². The lowest BCUT2D eigenvalue weighted by atomic mass is 10.2. The summed E-state index contributed by atoms with van der Waals surface area (Å²) < 4.78 is 39.2. The lowest BCUT2D eigenvalue weighted by molar-refractivity contribution is 0.574. The van der Waals surface area contributed by atoms with Crippen molar-refractivity contribution >= 4 is 38.8 Å². The molecule has 0 aliphatic carbocycles. The predicted octanol–water partition coefficient (Wildman–Crippen LogP) is 2.21. The van der Waals surface area contributed by atoms with Crippen LogP contribution in [-0.2, 0) is 10.0 Å². The van der Waals surface area contributed by atoms with Gasteiger partial charge in [0.15, 0.2) is 0 Å². The van der Waals surface area contributed by atoms with E-state index in [1.165, 1.54) is 6.07 Å². The van der Waals surface area contributed by atoms with E-state index in [0.717, 1.165) is 12.1 Å². The Morgan fingerprint density at radius 1 is 1.42 bits per heavy atom. The molecule has 0 unspecified atom stereocenters. The van der Waals surface area contributed by atoms with Crippen molar-refractivity contribution in [1.29, 1.82) is 0 Å². The molecule has 0 atom stereocenters. The predicted molar refractivity (Wildman–Crippen MR) is 77.2 cm³/mol. The number of sulfonamides is 1. The van der Waals surface area contributed by atoms with Crippen molar-refractivity contribution in [2.45, 2.75) is 24.2 Å². The molecular weight excluding hydrogens is 311 g/mol. The largest absolute Gasteiger partial charge is 0.393 e. The van der Waals surface area contributed by atoms with Gasteiger partial charge in [-0.05, 0) is 37.5 Å². The van der Waals surface area contributed by atoms with Gasteiger partial charge < -0.3 is 5.73 Å². The molecule has 106 valence electrons. The zero-order valence-electron chi connectivity index (χ0n) is 10.0. The molecule has 0 radical (unpaired) electrons. The van der Waals surface area contributed by atoms with E-state index in [2.05, 4.69) is 4.72 Å². The zero-order chi connectivity index (χ0) is 14.5.